The van der Waals surface area contributed by atoms with E-state index in [0.717, 1.165) is 11.8 Å². The molecule has 0 spiro atoms. The topological polar surface area (TPSA) is 81.7 Å². The molecule has 2 aliphatic heterocycles. The fourth-order valence-electron chi connectivity index (χ4n) is 6.13. The molecule has 41 heavy (non-hydrogen) atoms. The predicted octanol–water partition coefficient (Wildman–Crippen LogP) is 4.72. The number of nitrogens with zero attached hydrogens (tertiary/aromatic N) is 5. The van der Waals surface area contributed by atoms with Crippen molar-refractivity contribution in [1.82, 2.24) is 14.9 Å². The van der Waals surface area contributed by atoms with Gasteiger partial charge in [-0.2, -0.15) is 0 Å². The number of fused-ring (bicyclic) bond motifs is 1. The van der Waals surface area contributed by atoms with E-state index in [1.807, 2.05) is 43.0 Å². The molecule has 1 N–H and O–H groups in total. The number of para-hydroxylation sites is 2. The van der Waals surface area contributed by atoms with Crippen LogP contribution in [-0.4, -0.2) is 59.3 Å². The van der Waals surface area contributed by atoms with Crippen molar-refractivity contribution in [2.24, 2.45) is 5.41 Å². The van der Waals surface area contributed by atoms with Crippen molar-refractivity contribution < 1.29 is 18.4 Å². The number of ketones is 1. The molecule has 1 unspecified atom stereocenters. The number of carbonyl (C=O) groups is 2. The second-order valence-electron chi connectivity index (χ2n) is 11.6. The predicted molar refractivity (Wildman–Crippen MR) is 152 cm³/mol. The number of halogens is 2. The summed E-state index contributed by atoms with van der Waals surface area (Å²) in [5.74, 6) is -1.09. The van der Waals surface area contributed by atoms with E-state index in [4.69, 9.17) is 0 Å². The maximum absolute atomic E-state index is 15.5. The maximum Gasteiger partial charge on any atom is 0.242 e. The van der Waals surface area contributed by atoms with E-state index in [0.29, 0.717) is 55.5 Å². The standard InChI is InChI=1S/C31H32F2N6O2/c1-31(2)17-24-28(26(40)18-31)29(21-9-8-20(32)16-22(21)33)39(25-7-4-3-6-23(25)36-24)19-27(41)37-12-14-38(15-13-37)30-34-10-5-11-35-30/h3-11,16,29,36H,12-15,17-19H2,1-2H3. The first-order chi connectivity index (χ1) is 19.7. The van der Waals surface area contributed by atoms with Gasteiger partial charge in [-0.3, -0.25) is 9.59 Å². The lowest BCUT2D eigenvalue weighted by atomic mass is 9.73. The highest BCUT2D eigenvalue weighted by Crippen LogP contribution is 2.48. The molecule has 1 saturated heterocycles. The molecule has 10 heteroatoms. The zero-order valence-electron chi connectivity index (χ0n) is 23.1. The van der Waals surface area contributed by atoms with Gasteiger partial charge in [-0.05, 0) is 36.1 Å². The number of aromatic nitrogens is 2. The Balaban J connectivity index is 1.38. The average Bonchev–Trinajstić information content (AvgIpc) is 3.07. The lowest BCUT2D eigenvalue weighted by Crippen LogP contribution is -2.52. The summed E-state index contributed by atoms with van der Waals surface area (Å²) in [6, 6.07) is 11.8. The molecule has 1 aliphatic carbocycles. The van der Waals surface area contributed by atoms with Crippen LogP contribution in [0.2, 0.25) is 0 Å². The number of Topliss-reactive ketones (excluding diaryl/α,β-unsaturated/α-hetero) is 1. The molecule has 6 rings (SSSR count). The Hall–Kier alpha value is -4.34. The normalized spacial score (nSPS) is 20.2. The fourth-order valence-corrected chi connectivity index (χ4v) is 6.13. The Kier molecular flexibility index (Phi) is 6.93. The van der Waals surface area contributed by atoms with Crippen LogP contribution in [0.5, 0.6) is 0 Å². The maximum atomic E-state index is 15.5. The summed E-state index contributed by atoms with van der Waals surface area (Å²) in [6.07, 6.45) is 4.24. The molecular weight excluding hydrogens is 526 g/mol. The fraction of sp³-hybridized carbons (Fsp3) is 0.355. The summed E-state index contributed by atoms with van der Waals surface area (Å²) < 4.78 is 29.5. The Bertz CT molecular complexity index is 1520. The van der Waals surface area contributed by atoms with Crippen LogP contribution in [0.4, 0.5) is 26.1 Å². The smallest absolute Gasteiger partial charge is 0.242 e. The van der Waals surface area contributed by atoms with Crippen molar-refractivity contribution in [2.45, 2.75) is 32.7 Å². The van der Waals surface area contributed by atoms with E-state index in [9.17, 15) is 14.0 Å². The highest BCUT2D eigenvalue weighted by molar-refractivity contribution is 6.02. The van der Waals surface area contributed by atoms with Gasteiger partial charge >= 0.3 is 0 Å². The minimum absolute atomic E-state index is 0.0878. The van der Waals surface area contributed by atoms with Crippen LogP contribution in [0.15, 0.2) is 72.2 Å². The van der Waals surface area contributed by atoms with E-state index in [2.05, 4.69) is 15.3 Å². The third kappa shape index (κ3) is 5.26. The molecule has 0 radical (unpaired) electrons. The number of anilines is 3. The lowest BCUT2D eigenvalue weighted by molar-refractivity contribution is -0.130. The van der Waals surface area contributed by atoms with E-state index in [1.165, 1.54) is 12.1 Å². The summed E-state index contributed by atoms with van der Waals surface area (Å²) in [4.78, 5) is 41.9. The van der Waals surface area contributed by atoms with Crippen molar-refractivity contribution in [3.05, 3.63) is 89.4 Å². The van der Waals surface area contributed by atoms with Crippen molar-refractivity contribution in [3.63, 3.8) is 0 Å². The number of rotatable bonds is 4. The van der Waals surface area contributed by atoms with Gasteiger partial charge in [0.05, 0.1) is 24.0 Å². The molecule has 0 bridgehead atoms. The SMILES string of the molecule is CC1(C)CC(=O)C2=C(C1)Nc1ccccc1N(CC(=O)N1CCN(c3ncccn3)CC1)C2c1ccc(F)cc1F. The van der Waals surface area contributed by atoms with Crippen molar-refractivity contribution in [1.29, 1.82) is 0 Å². The number of piperazine rings is 1. The molecule has 3 aromatic rings. The number of benzene rings is 2. The highest BCUT2D eigenvalue weighted by Gasteiger charge is 2.43. The molecule has 0 saturated carbocycles. The average molecular weight is 559 g/mol. The van der Waals surface area contributed by atoms with Gasteiger partial charge in [-0.1, -0.05) is 32.0 Å². The summed E-state index contributed by atoms with van der Waals surface area (Å²) in [7, 11) is 0. The zero-order chi connectivity index (χ0) is 28.7. The highest BCUT2D eigenvalue weighted by atomic mass is 19.1. The first-order valence-electron chi connectivity index (χ1n) is 13.8. The summed E-state index contributed by atoms with van der Waals surface area (Å²) in [5.41, 5.74) is 2.39. The van der Waals surface area contributed by atoms with Gasteiger partial charge in [0.25, 0.3) is 0 Å². The Morgan fingerprint density at radius 3 is 2.46 bits per heavy atom. The number of hydrogen-bond donors (Lipinski definition) is 1. The number of carbonyl (C=O) groups excluding carboxylic acids is 2. The monoisotopic (exact) mass is 558 g/mol. The molecular formula is C31H32F2N6O2. The number of allylic oxidation sites excluding steroid dienone is 1. The van der Waals surface area contributed by atoms with Gasteiger partial charge in [0.15, 0.2) is 5.78 Å². The van der Waals surface area contributed by atoms with Crippen LogP contribution < -0.4 is 15.1 Å². The van der Waals surface area contributed by atoms with Crippen LogP contribution in [-0.2, 0) is 9.59 Å². The van der Waals surface area contributed by atoms with E-state index >= 15 is 4.39 Å². The Morgan fingerprint density at radius 1 is 1.00 bits per heavy atom. The molecule has 3 heterocycles. The molecule has 8 nitrogen and oxygen atoms in total. The number of amides is 1. The molecule has 2 aromatic carbocycles. The molecule has 1 amide bonds. The van der Waals surface area contributed by atoms with Gasteiger partial charge in [0.2, 0.25) is 11.9 Å². The van der Waals surface area contributed by atoms with Crippen molar-refractivity contribution >= 4 is 29.0 Å². The van der Waals surface area contributed by atoms with Crippen LogP contribution in [0.25, 0.3) is 0 Å². The number of hydrogen-bond acceptors (Lipinski definition) is 7. The quantitative estimate of drug-likeness (QED) is 0.496. The van der Waals surface area contributed by atoms with Crippen LogP contribution in [0, 0.1) is 17.0 Å². The van der Waals surface area contributed by atoms with Crippen LogP contribution in [0.3, 0.4) is 0 Å². The largest absolute Gasteiger partial charge is 0.357 e. The van der Waals surface area contributed by atoms with Gasteiger partial charge < -0.3 is 20.0 Å². The van der Waals surface area contributed by atoms with Crippen LogP contribution >= 0.6 is 0 Å². The molecule has 1 aromatic heterocycles. The zero-order valence-corrected chi connectivity index (χ0v) is 23.1. The summed E-state index contributed by atoms with van der Waals surface area (Å²) >= 11 is 0. The first-order valence-corrected chi connectivity index (χ1v) is 13.8. The summed E-state index contributed by atoms with van der Waals surface area (Å²) in [6.45, 7) is 6.07. The molecule has 1 fully saturated rings. The Morgan fingerprint density at radius 2 is 1.73 bits per heavy atom. The Labute approximate surface area is 237 Å². The minimum atomic E-state index is -0.909. The van der Waals surface area contributed by atoms with Gasteiger partial charge in [0, 0.05) is 67.9 Å². The first kappa shape index (κ1) is 26.9. The van der Waals surface area contributed by atoms with E-state index < -0.39 is 17.7 Å². The molecule has 1 atom stereocenters. The third-order valence-electron chi connectivity index (χ3n) is 8.03. The summed E-state index contributed by atoms with van der Waals surface area (Å²) in [5, 5.41) is 3.46. The second-order valence-corrected chi connectivity index (χ2v) is 11.6. The van der Waals surface area contributed by atoms with Crippen molar-refractivity contribution in [3.8, 4) is 0 Å². The van der Waals surface area contributed by atoms with E-state index in [-0.39, 0.29) is 35.6 Å². The number of nitrogens with one attached hydrogen (secondary N) is 1. The van der Waals surface area contributed by atoms with Crippen LogP contribution in [0.1, 0.15) is 38.3 Å². The van der Waals surface area contributed by atoms with E-state index in [1.54, 1.807) is 28.3 Å². The second kappa shape index (κ2) is 10.6. The van der Waals surface area contributed by atoms with Gasteiger partial charge in [-0.15, -0.1) is 0 Å². The minimum Gasteiger partial charge on any atom is -0.357 e. The third-order valence-corrected chi connectivity index (χ3v) is 8.03. The molecule has 212 valence electrons. The van der Waals surface area contributed by atoms with Gasteiger partial charge in [-0.25, -0.2) is 18.7 Å². The van der Waals surface area contributed by atoms with Gasteiger partial charge in [0.1, 0.15) is 11.6 Å². The lowest BCUT2D eigenvalue weighted by Gasteiger charge is -2.40. The molecule has 3 aliphatic rings. The van der Waals surface area contributed by atoms with Crippen molar-refractivity contribution in [2.75, 3.05) is 47.8 Å².